The van der Waals surface area contributed by atoms with Crippen molar-refractivity contribution in [3.8, 4) is 0 Å². The highest BCUT2D eigenvalue weighted by Gasteiger charge is 2.38. The highest BCUT2D eigenvalue weighted by molar-refractivity contribution is 7.54. The maximum atomic E-state index is 12.5. The number of hydrogen-bond donors (Lipinski definition) is 0. The first kappa shape index (κ1) is 25.7. The molecular formula is C20H36NO7P. The Morgan fingerprint density at radius 2 is 1.72 bits per heavy atom. The topological polar surface area (TPSA) is 91.4 Å². The molecule has 0 spiro atoms. The van der Waals surface area contributed by atoms with Crippen molar-refractivity contribution in [3.05, 3.63) is 12.2 Å². The second kappa shape index (κ2) is 11.7. The molecular weight excluding hydrogens is 397 g/mol. The van der Waals surface area contributed by atoms with Crippen LogP contribution in [0.2, 0.25) is 0 Å². The van der Waals surface area contributed by atoms with Gasteiger partial charge in [0.2, 0.25) is 0 Å². The summed E-state index contributed by atoms with van der Waals surface area (Å²) in [5, 5.41) is 0. The van der Waals surface area contributed by atoms with Gasteiger partial charge in [0.05, 0.1) is 26.0 Å². The second-order valence-corrected chi connectivity index (χ2v) is 9.89. The molecule has 0 aromatic heterocycles. The lowest BCUT2D eigenvalue weighted by Crippen LogP contribution is -2.51. The largest absolute Gasteiger partial charge is 0.464 e. The van der Waals surface area contributed by atoms with Gasteiger partial charge in [0.1, 0.15) is 11.6 Å². The normalized spacial score (nSPS) is 20.7. The lowest BCUT2D eigenvalue weighted by molar-refractivity contribution is -0.151. The van der Waals surface area contributed by atoms with Gasteiger partial charge >= 0.3 is 19.7 Å². The van der Waals surface area contributed by atoms with Crippen LogP contribution in [0.4, 0.5) is 4.79 Å². The molecule has 8 nitrogen and oxygen atoms in total. The van der Waals surface area contributed by atoms with Crippen LogP contribution in [0.3, 0.4) is 0 Å². The molecule has 0 saturated carbocycles. The first-order valence-electron chi connectivity index (χ1n) is 10.3. The molecule has 9 heteroatoms. The van der Waals surface area contributed by atoms with Crippen LogP contribution in [0.5, 0.6) is 0 Å². The lowest BCUT2D eigenvalue weighted by atomic mass is 9.90. The smallest absolute Gasteiger partial charge is 0.411 e. The van der Waals surface area contributed by atoms with Crippen LogP contribution in [0, 0.1) is 5.92 Å². The maximum absolute atomic E-state index is 12.5. The van der Waals surface area contributed by atoms with Crippen molar-refractivity contribution in [1.29, 1.82) is 0 Å². The zero-order valence-corrected chi connectivity index (χ0v) is 19.4. The number of allylic oxidation sites excluding steroid dienone is 2. The summed E-state index contributed by atoms with van der Waals surface area (Å²) in [7, 11) is -3.15. The van der Waals surface area contributed by atoms with Crippen LogP contribution in [-0.2, 0) is 27.9 Å². The number of ether oxygens (including phenoxy) is 2. The fraction of sp³-hybridized carbons (Fsp3) is 0.800. The van der Waals surface area contributed by atoms with E-state index in [-0.39, 0.29) is 18.7 Å². The molecule has 1 amide bonds. The molecule has 0 N–H and O–H groups in total. The third-order valence-corrected chi connectivity index (χ3v) is 6.18. The van der Waals surface area contributed by atoms with Gasteiger partial charge in [-0.2, -0.15) is 0 Å². The molecule has 0 radical (unpaired) electrons. The fourth-order valence-corrected chi connectivity index (χ4v) is 4.54. The average Bonchev–Trinajstić information content (AvgIpc) is 2.60. The van der Waals surface area contributed by atoms with Crippen molar-refractivity contribution in [2.75, 3.05) is 32.5 Å². The number of likely N-dealkylation sites (tertiary alicyclic amines) is 1. The second-order valence-electron chi connectivity index (χ2n) is 7.78. The Kier molecular flexibility index (Phi) is 10.4. The molecule has 1 rings (SSSR count). The molecule has 0 bridgehead atoms. The van der Waals surface area contributed by atoms with Gasteiger partial charge in [0.15, 0.2) is 0 Å². The van der Waals surface area contributed by atoms with Gasteiger partial charge in [-0.05, 0) is 60.3 Å². The van der Waals surface area contributed by atoms with Crippen molar-refractivity contribution in [2.24, 2.45) is 5.92 Å². The van der Waals surface area contributed by atoms with E-state index in [1.54, 1.807) is 47.6 Å². The van der Waals surface area contributed by atoms with E-state index in [9.17, 15) is 14.2 Å². The summed E-state index contributed by atoms with van der Waals surface area (Å²) in [6, 6.07) is -0.709. The molecule has 168 valence electrons. The quantitative estimate of drug-likeness (QED) is 0.303. The van der Waals surface area contributed by atoms with Gasteiger partial charge in [0.25, 0.3) is 0 Å². The van der Waals surface area contributed by atoms with E-state index < -0.39 is 31.3 Å². The monoisotopic (exact) mass is 433 g/mol. The summed E-state index contributed by atoms with van der Waals surface area (Å²) in [4.78, 5) is 26.4. The number of hydrogen-bond acceptors (Lipinski definition) is 7. The molecule has 1 aliphatic heterocycles. The Bertz CT molecular complexity index is 604. The van der Waals surface area contributed by atoms with Crippen molar-refractivity contribution in [1.82, 2.24) is 4.90 Å². The van der Waals surface area contributed by atoms with Gasteiger partial charge in [-0.25, -0.2) is 9.59 Å². The number of piperidine rings is 1. The van der Waals surface area contributed by atoms with E-state index >= 15 is 0 Å². The van der Waals surface area contributed by atoms with E-state index in [1.165, 1.54) is 4.90 Å². The molecule has 2 unspecified atom stereocenters. The fourth-order valence-electron chi connectivity index (χ4n) is 3.09. The van der Waals surface area contributed by atoms with Crippen molar-refractivity contribution in [3.63, 3.8) is 0 Å². The summed E-state index contributed by atoms with van der Waals surface area (Å²) < 4.78 is 33.7. The number of rotatable bonds is 9. The van der Waals surface area contributed by atoms with E-state index in [2.05, 4.69) is 0 Å². The Morgan fingerprint density at radius 1 is 1.10 bits per heavy atom. The van der Waals surface area contributed by atoms with E-state index in [0.29, 0.717) is 32.6 Å². The van der Waals surface area contributed by atoms with Crippen LogP contribution in [-0.4, -0.2) is 61.1 Å². The highest BCUT2D eigenvalue weighted by atomic mass is 31.2. The Hall–Kier alpha value is -1.37. The number of amides is 1. The number of carbonyl (C=O) groups excluding carboxylic acids is 2. The summed E-state index contributed by atoms with van der Waals surface area (Å²) in [5.41, 5.74) is -0.646. The predicted octanol–water partition coefficient (Wildman–Crippen LogP) is 4.39. The zero-order chi connectivity index (χ0) is 22.1. The summed E-state index contributed by atoms with van der Waals surface area (Å²) >= 11 is 0. The number of esters is 1. The lowest BCUT2D eigenvalue weighted by Gasteiger charge is -2.37. The molecule has 0 aliphatic carbocycles. The third kappa shape index (κ3) is 8.89. The Balaban J connectivity index is 2.84. The molecule has 1 fully saturated rings. The summed E-state index contributed by atoms with van der Waals surface area (Å²) in [6.07, 6.45) is 4.44. The van der Waals surface area contributed by atoms with Crippen molar-refractivity contribution in [2.45, 2.75) is 66.0 Å². The first-order valence-corrected chi connectivity index (χ1v) is 12.0. The molecule has 2 atom stereocenters. The standard InChI is InChI=1S/C20H36NO7P/c1-7-25-18(22)17-15-16(11-10-14-29(24,26-8-2)27-9-3)12-13-21(17)19(23)28-20(4,5)6/h10-11,16-17H,7-9,12-15H2,1-6H3. The Morgan fingerprint density at radius 3 is 2.24 bits per heavy atom. The van der Waals surface area contributed by atoms with Gasteiger partial charge in [0, 0.05) is 6.54 Å². The van der Waals surface area contributed by atoms with Crippen molar-refractivity contribution >= 4 is 19.7 Å². The van der Waals surface area contributed by atoms with Gasteiger partial charge < -0.3 is 18.5 Å². The molecule has 1 heterocycles. The van der Waals surface area contributed by atoms with Crippen molar-refractivity contribution < 1.29 is 32.7 Å². The minimum Gasteiger partial charge on any atom is -0.464 e. The predicted molar refractivity (Wildman–Crippen MR) is 111 cm³/mol. The maximum Gasteiger partial charge on any atom is 0.411 e. The minimum absolute atomic E-state index is 0.0415. The van der Waals surface area contributed by atoms with E-state index in [1.807, 2.05) is 6.08 Å². The van der Waals surface area contributed by atoms with Crippen LogP contribution >= 0.6 is 7.60 Å². The number of nitrogens with zero attached hydrogens (tertiary/aromatic N) is 1. The van der Waals surface area contributed by atoms with Crippen LogP contribution < -0.4 is 0 Å². The van der Waals surface area contributed by atoms with Gasteiger partial charge in [-0.3, -0.25) is 9.46 Å². The molecule has 0 aromatic rings. The summed E-state index contributed by atoms with van der Waals surface area (Å²) in [6.45, 7) is 11.9. The van der Waals surface area contributed by atoms with E-state index in [0.717, 1.165) is 0 Å². The van der Waals surface area contributed by atoms with Crippen LogP contribution in [0.15, 0.2) is 12.2 Å². The average molecular weight is 433 g/mol. The zero-order valence-electron chi connectivity index (χ0n) is 18.5. The number of carbonyl (C=O) groups is 2. The third-order valence-electron chi connectivity index (χ3n) is 4.22. The SMILES string of the molecule is CCOC(=O)C1CC(C=CCP(=O)(OCC)OCC)CCN1C(=O)OC(C)(C)C. The van der Waals surface area contributed by atoms with E-state index in [4.69, 9.17) is 18.5 Å². The first-order chi connectivity index (χ1) is 13.5. The van der Waals surface area contributed by atoms with Crippen LogP contribution in [0.1, 0.15) is 54.4 Å². The Labute approximate surface area is 174 Å². The van der Waals surface area contributed by atoms with Gasteiger partial charge in [-0.15, -0.1) is 0 Å². The van der Waals surface area contributed by atoms with Gasteiger partial charge in [-0.1, -0.05) is 12.2 Å². The molecule has 29 heavy (non-hydrogen) atoms. The molecule has 1 aliphatic rings. The summed E-state index contributed by atoms with van der Waals surface area (Å²) in [5.74, 6) is -0.398. The molecule has 1 saturated heterocycles. The molecule has 0 aromatic carbocycles. The minimum atomic E-state index is -3.15. The van der Waals surface area contributed by atoms with Crippen LogP contribution in [0.25, 0.3) is 0 Å². The highest BCUT2D eigenvalue weighted by Crippen LogP contribution is 2.48.